The molecule has 1 unspecified atom stereocenters. The molecular weight excluding hydrogens is 684 g/mol. The van der Waals surface area contributed by atoms with Crippen LogP contribution in [0.25, 0.3) is 0 Å². The van der Waals surface area contributed by atoms with Gasteiger partial charge in [0.1, 0.15) is 29.7 Å². The van der Waals surface area contributed by atoms with Crippen molar-refractivity contribution in [1.29, 1.82) is 0 Å². The first-order chi connectivity index (χ1) is 22.9. The number of rotatable bonds is 19. The van der Waals surface area contributed by atoms with Crippen LogP contribution in [-0.2, 0) is 48.3 Å². The Morgan fingerprint density at radius 1 is 1.16 bits per heavy atom. The molecule has 1 heterocycles. The van der Waals surface area contributed by atoms with Crippen LogP contribution in [0.2, 0.25) is 25.7 Å². The van der Waals surface area contributed by atoms with Crippen LogP contribution in [0.5, 0.6) is 11.5 Å². The summed E-state index contributed by atoms with van der Waals surface area (Å²) in [7, 11) is -8.96. The standard InChI is InChI=1S/C35H53N2O9PSSi/c1-10-29-26(4)31-24-45-35(39)32(31)33(44-20-22-49(7,8)9)30(29)18-17-25(3)23-37(48(6,41)42)19-21-47(40,36-27(5)34(38)43-11-2)46-28-15-13-12-14-16-28/h12-17,27H,10-11,18-24H2,1-9H3,(H,36,40)/b25-17+/t27-,47?/m0/s1. The predicted octanol–water partition coefficient (Wildman–Crippen LogP) is 6.51. The third-order valence-electron chi connectivity index (χ3n) is 8.30. The molecule has 0 aromatic heterocycles. The summed E-state index contributed by atoms with van der Waals surface area (Å²) >= 11 is 0. The van der Waals surface area contributed by atoms with Gasteiger partial charge in [-0.1, -0.05) is 56.4 Å². The fourth-order valence-electron chi connectivity index (χ4n) is 5.57. The summed E-state index contributed by atoms with van der Waals surface area (Å²) in [6, 6.07) is 8.49. The number of ether oxygens (including phenoxy) is 3. The van der Waals surface area contributed by atoms with Gasteiger partial charge in [-0.2, -0.15) is 4.31 Å². The highest BCUT2D eigenvalue weighted by Crippen LogP contribution is 2.44. The van der Waals surface area contributed by atoms with E-state index in [0.717, 1.165) is 46.5 Å². The van der Waals surface area contributed by atoms with E-state index in [4.69, 9.17) is 18.7 Å². The number of benzene rings is 2. The summed E-state index contributed by atoms with van der Waals surface area (Å²) in [6.45, 7) is 16.7. The van der Waals surface area contributed by atoms with Crippen molar-refractivity contribution in [2.45, 2.75) is 85.8 Å². The average molecular weight is 737 g/mol. The fraction of sp³-hybridized carbons (Fsp3) is 0.543. The number of para-hydroxylation sites is 1. The molecule has 0 aliphatic carbocycles. The van der Waals surface area contributed by atoms with Gasteiger partial charge in [-0.15, -0.1) is 0 Å². The van der Waals surface area contributed by atoms with E-state index in [-0.39, 0.29) is 38.4 Å². The number of carbonyl (C=O) groups is 2. The number of cyclic esters (lactones) is 1. The third kappa shape index (κ3) is 11.5. The van der Waals surface area contributed by atoms with Gasteiger partial charge in [0, 0.05) is 32.3 Å². The lowest BCUT2D eigenvalue weighted by atomic mass is 9.89. The van der Waals surface area contributed by atoms with Crippen molar-refractivity contribution in [2.24, 2.45) is 0 Å². The van der Waals surface area contributed by atoms with E-state index in [1.54, 1.807) is 37.3 Å². The number of nitrogens with zero attached hydrogens (tertiary/aromatic N) is 1. The molecule has 0 radical (unpaired) electrons. The van der Waals surface area contributed by atoms with Gasteiger partial charge in [0.05, 0.1) is 25.6 Å². The van der Waals surface area contributed by atoms with E-state index in [9.17, 15) is 22.6 Å². The van der Waals surface area contributed by atoms with Gasteiger partial charge < -0.3 is 18.7 Å². The number of nitrogens with one attached hydrogen (secondary N) is 1. The molecule has 0 saturated carbocycles. The number of carbonyl (C=O) groups excluding carboxylic acids is 2. The minimum Gasteiger partial charge on any atom is -0.493 e. The summed E-state index contributed by atoms with van der Waals surface area (Å²) in [4.78, 5) is 25.3. The molecule has 2 aromatic carbocycles. The molecule has 0 saturated heterocycles. The SMILES string of the molecule is CCOC(=O)[C@H](C)NP(=O)(CCN(C/C(C)=C/Cc1c(CC)c(C)c2c(c1OCC[Si](C)(C)C)C(=O)OC2)S(C)(=O)=O)Oc1ccccc1. The van der Waals surface area contributed by atoms with E-state index in [2.05, 4.69) is 31.7 Å². The Morgan fingerprint density at radius 3 is 2.43 bits per heavy atom. The summed E-state index contributed by atoms with van der Waals surface area (Å²) in [5, 5.41) is 2.78. The van der Waals surface area contributed by atoms with Crippen molar-refractivity contribution in [3.63, 3.8) is 0 Å². The maximum Gasteiger partial charge on any atom is 0.342 e. The Balaban J connectivity index is 1.89. The highest BCUT2D eigenvalue weighted by Gasteiger charge is 2.34. The molecule has 2 aromatic rings. The second-order valence-electron chi connectivity index (χ2n) is 13.6. The van der Waals surface area contributed by atoms with E-state index in [0.29, 0.717) is 30.1 Å². The van der Waals surface area contributed by atoms with Crippen LogP contribution in [0.1, 0.15) is 60.3 Å². The Morgan fingerprint density at radius 2 is 1.84 bits per heavy atom. The molecule has 1 aliphatic heterocycles. The first-order valence-corrected chi connectivity index (χ1v) is 24.1. The molecule has 11 nitrogen and oxygen atoms in total. The van der Waals surface area contributed by atoms with Crippen molar-refractivity contribution >= 4 is 37.6 Å². The molecule has 49 heavy (non-hydrogen) atoms. The number of esters is 2. The minimum atomic E-state index is -3.80. The minimum absolute atomic E-state index is 0.0385. The molecule has 0 bridgehead atoms. The van der Waals surface area contributed by atoms with E-state index in [1.165, 1.54) is 11.2 Å². The van der Waals surface area contributed by atoms with Gasteiger partial charge in [-0.05, 0) is 69.8 Å². The van der Waals surface area contributed by atoms with E-state index in [1.807, 2.05) is 19.9 Å². The number of hydrogen-bond acceptors (Lipinski definition) is 9. The molecule has 14 heteroatoms. The number of allylic oxidation sites excluding steroid dienone is 1. The molecule has 1 N–H and O–H groups in total. The van der Waals surface area contributed by atoms with Gasteiger partial charge >= 0.3 is 19.5 Å². The van der Waals surface area contributed by atoms with Gasteiger partial charge in [0.15, 0.2) is 0 Å². The van der Waals surface area contributed by atoms with Crippen LogP contribution < -0.4 is 14.3 Å². The van der Waals surface area contributed by atoms with Crippen molar-refractivity contribution in [3.05, 3.63) is 69.8 Å². The molecule has 0 fully saturated rings. The van der Waals surface area contributed by atoms with Gasteiger partial charge in [0.25, 0.3) is 0 Å². The molecule has 2 atom stereocenters. The average Bonchev–Trinajstić information content (AvgIpc) is 3.40. The monoisotopic (exact) mass is 736 g/mol. The quantitative estimate of drug-likeness (QED) is 0.0736. The smallest absolute Gasteiger partial charge is 0.342 e. The predicted molar refractivity (Wildman–Crippen MR) is 196 cm³/mol. The highest BCUT2D eigenvalue weighted by atomic mass is 32.2. The van der Waals surface area contributed by atoms with Crippen LogP contribution in [0, 0.1) is 6.92 Å². The second kappa shape index (κ2) is 17.3. The molecule has 0 amide bonds. The molecule has 1 aliphatic rings. The van der Waals surface area contributed by atoms with Crippen molar-refractivity contribution in [3.8, 4) is 11.5 Å². The topological polar surface area (TPSA) is 138 Å². The maximum atomic E-state index is 14.1. The Bertz CT molecular complexity index is 1670. The van der Waals surface area contributed by atoms with Crippen LogP contribution in [0.3, 0.4) is 0 Å². The van der Waals surface area contributed by atoms with Gasteiger partial charge in [-0.25, -0.2) is 18.3 Å². The fourth-order valence-corrected chi connectivity index (χ4v) is 9.21. The van der Waals surface area contributed by atoms with Gasteiger partial charge in [-0.3, -0.25) is 9.36 Å². The van der Waals surface area contributed by atoms with Gasteiger partial charge in [0.2, 0.25) is 10.0 Å². The summed E-state index contributed by atoms with van der Waals surface area (Å²) in [5.41, 5.74) is 5.11. The first-order valence-electron chi connectivity index (χ1n) is 16.7. The van der Waals surface area contributed by atoms with Crippen molar-refractivity contribution in [1.82, 2.24) is 9.39 Å². The highest BCUT2D eigenvalue weighted by molar-refractivity contribution is 7.88. The van der Waals surface area contributed by atoms with Crippen LogP contribution in [0.4, 0.5) is 0 Å². The van der Waals surface area contributed by atoms with Crippen LogP contribution >= 0.6 is 7.52 Å². The third-order valence-corrected chi connectivity index (χ3v) is 13.3. The largest absolute Gasteiger partial charge is 0.493 e. The van der Waals surface area contributed by atoms with Crippen molar-refractivity contribution < 1.29 is 41.3 Å². The lowest BCUT2D eigenvalue weighted by Gasteiger charge is -2.26. The maximum absolute atomic E-state index is 14.1. The summed E-state index contributed by atoms with van der Waals surface area (Å²) in [5.74, 6) is -0.104. The Labute approximate surface area is 293 Å². The molecular formula is C35H53N2O9PSSi. The number of hydrogen-bond donors (Lipinski definition) is 1. The molecule has 0 spiro atoms. The first kappa shape index (κ1) is 40.5. The zero-order chi connectivity index (χ0) is 36.6. The zero-order valence-electron chi connectivity index (χ0n) is 30.4. The summed E-state index contributed by atoms with van der Waals surface area (Å²) < 4.78 is 64.1. The lowest BCUT2D eigenvalue weighted by molar-refractivity contribution is -0.144. The second-order valence-corrected chi connectivity index (χ2v) is 23.4. The molecule has 3 rings (SSSR count). The Hall–Kier alpha value is -2.96. The van der Waals surface area contributed by atoms with Crippen LogP contribution in [-0.4, -0.2) is 77.5 Å². The Kier molecular flexibility index (Phi) is 14.3. The normalized spacial score (nSPS) is 15.4. The van der Waals surface area contributed by atoms with E-state index < -0.39 is 37.6 Å². The van der Waals surface area contributed by atoms with E-state index >= 15 is 0 Å². The van der Waals surface area contributed by atoms with Crippen LogP contribution in [0.15, 0.2) is 42.0 Å². The number of sulfonamides is 1. The van der Waals surface area contributed by atoms with Crippen molar-refractivity contribution in [2.75, 3.05) is 38.7 Å². The molecule has 272 valence electrons. The summed E-state index contributed by atoms with van der Waals surface area (Å²) in [6.07, 6.45) is 4.00. The zero-order valence-corrected chi connectivity index (χ0v) is 33.1. The lowest BCUT2D eigenvalue weighted by Crippen LogP contribution is -2.39. The number of fused-ring (bicyclic) bond motifs is 1.